The molecule has 38 heavy (non-hydrogen) atoms. The lowest BCUT2D eigenvalue weighted by Crippen LogP contribution is -2.50. The fraction of sp³-hybridized carbons (Fsp3) is 0.613. The summed E-state index contributed by atoms with van der Waals surface area (Å²) in [4.78, 5) is 31.3. The van der Waals surface area contributed by atoms with Crippen molar-refractivity contribution in [2.75, 3.05) is 39.3 Å². The Labute approximate surface area is 233 Å². The van der Waals surface area contributed by atoms with E-state index in [9.17, 15) is 9.59 Å². The smallest absolute Gasteiger partial charge is 0.251 e. The van der Waals surface area contributed by atoms with Crippen LogP contribution in [0.4, 0.5) is 0 Å². The molecule has 2 aliphatic rings. The van der Waals surface area contributed by atoms with Gasteiger partial charge in [-0.2, -0.15) is 0 Å². The predicted octanol–water partition coefficient (Wildman–Crippen LogP) is 5.34. The first-order chi connectivity index (χ1) is 18.3. The van der Waals surface area contributed by atoms with Crippen LogP contribution >= 0.6 is 11.6 Å². The monoisotopic (exact) mass is 540 g/mol. The quantitative estimate of drug-likeness (QED) is 0.427. The zero-order chi connectivity index (χ0) is 27.1. The standard InChI is InChI=1S/C31H45ClN4O2/c1-4-23(22(2)3)21-36-17-12-28(34-29(31(36)38)13-16-35-14-6-5-7-15-35)20-33-30(37)26-9-8-25-19-27(32)11-10-24(25)18-26/h8-11,18-19,22-23,28-29,34H,4-7,12-17,20-21H2,1-3H3,(H,33,37)/t23-,28+,29+/m0/s1. The fourth-order valence-corrected chi connectivity index (χ4v) is 6.08. The van der Waals surface area contributed by atoms with Crippen molar-refractivity contribution in [3.05, 3.63) is 47.0 Å². The highest BCUT2D eigenvalue weighted by Gasteiger charge is 2.32. The largest absolute Gasteiger partial charge is 0.350 e. The highest BCUT2D eigenvalue weighted by Crippen LogP contribution is 2.22. The predicted molar refractivity (Wildman–Crippen MR) is 157 cm³/mol. The van der Waals surface area contributed by atoms with Gasteiger partial charge in [-0.15, -0.1) is 0 Å². The highest BCUT2D eigenvalue weighted by molar-refractivity contribution is 6.31. The lowest BCUT2D eigenvalue weighted by molar-refractivity contribution is -0.133. The first kappa shape index (κ1) is 28.8. The molecular weight excluding hydrogens is 496 g/mol. The van der Waals surface area contributed by atoms with Crippen LogP contribution in [0.15, 0.2) is 36.4 Å². The summed E-state index contributed by atoms with van der Waals surface area (Å²) in [6.45, 7) is 12.0. The highest BCUT2D eigenvalue weighted by atomic mass is 35.5. The molecule has 7 heteroatoms. The maximum atomic E-state index is 13.7. The number of carbonyl (C=O) groups excluding carboxylic acids is 2. The third-order valence-electron chi connectivity index (χ3n) is 8.47. The first-order valence-corrected chi connectivity index (χ1v) is 15.0. The molecule has 2 heterocycles. The molecule has 4 rings (SSSR count). The van der Waals surface area contributed by atoms with E-state index < -0.39 is 0 Å². The fourth-order valence-electron chi connectivity index (χ4n) is 5.90. The number of nitrogens with zero attached hydrogens (tertiary/aromatic N) is 2. The normalized spacial score (nSPS) is 22.0. The van der Waals surface area contributed by atoms with E-state index in [4.69, 9.17) is 11.6 Å². The Morgan fingerprint density at radius 3 is 2.55 bits per heavy atom. The summed E-state index contributed by atoms with van der Waals surface area (Å²) >= 11 is 6.10. The molecule has 6 nitrogen and oxygen atoms in total. The van der Waals surface area contributed by atoms with Crippen molar-refractivity contribution in [1.29, 1.82) is 0 Å². The Bertz CT molecular complexity index is 1080. The van der Waals surface area contributed by atoms with E-state index in [0.29, 0.717) is 29.0 Å². The number of halogens is 1. The Morgan fingerprint density at radius 2 is 1.82 bits per heavy atom. The van der Waals surface area contributed by atoms with Gasteiger partial charge in [0.05, 0.1) is 6.04 Å². The topological polar surface area (TPSA) is 64.7 Å². The van der Waals surface area contributed by atoms with Gasteiger partial charge in [-0.3, -0.25) is 9.59 Å². The van der Waals surface area contributed by atoms with Crippen LogP contribution in [-0.4, -0.2) is 73.0 Å². The summed E-state index contributed by atoms with van der Waals surface area (Å²) in [7, 11) is 0. The second kappa shape index (κ2) is 13.8. The molecule has 0 aliphatic carbocycles. The molecule has 0 unspecified atom stereocenters. The molecule has 0 spiro atoms. The maximum Gasteiger partial charge on any atom is 0.251 e. The summed E-state index contributed by atoms with van der Waals surface area (Å²) in [6, 6.07) is 11.2. The van der Waals surface area contributed by atoms with Crippen LogP contribution in [0, 0.1) is 11.8 Å². The zero-order valence-corrected chi connectivity index (χ0v) is 24.1. The van der Waals surface area contributed by atoms with E-state index in [1.165, 1.54) is 19.3 Å². The Morgan fingerprint density at radius 1 is 1.08 bits per heavy atom. The molecule has 2 fully saturated rings. The number of likely N-dealkylation sites (tertiary alicyclic amines) is 1. The molecule has 2 amide bonds. The van der Waals surface area contributed by atoms with Crippen molar-refractivity contribution >= 4 is 34.2 Å². The van der Waals surface area contributed by atoms with E-state index in [1.54, 1.807) is 0 Å². The van der Waals surface area contributed by atoms with Crippen LogP contribution in [-0.2, 0) is 4.79 Å². The summed E-state index contributed by atoms with van der Waals surface area (Å²) < 4.78 is 0. The minimum Gasteiger partial charge on any atom is -0.350 e. The van der Waals surface area contributed by atoms with E-state index in [2.05, 4.69) is 41.2 Å². The average molecular weight is 541 g/mol. The van der Waals surface area contributed by atoms with Gasteiger partial charge in [0.15, 0.2) is 0 Å². The molecule has 2 N–H and O–H groups in total. The van der Waals surface area contributed by atoms with E-state index in [-0.39, 0.29) is 23.9 Å². The van der Waals surface area contributed by atoms with Crippen LogP contribution in [0.2, 0.25) is 5.02 Å². The van der Waals surface area contributed by atoms with Gasteiger partial charge in [-0.1, -0.05) is 57.3 Å². The molecule has 2 aliphatic heterocycles. The van der Waals surface area contributed by atoms with Gasteiger partial charge in [0.2, 0.25) is 5.91 Å². The Balaban J connectivity index is 1.41. The molecule has 2 saturated heterocycles. The van der Waals surface area contributed by atoms with Crippen molar-refractivity contribution in [1.82, 2.24) is 20.4 Å². The minimum absolute atomic E-state index is 0.0534. The van der Waals surface area contributed by atoms with Crippen LogP contribution in [0.25, 0.3) is 10.8 Å². The Hall–Kier alpha value is -2.15. The molecular formula is C31H45ClN4O2. The van der Waals surface area contributed by atoms with Gasteiger partial charge in [-0.25, -0.2) is 0 Å². The number of carbonyl (C=O) groups is 2. The van der Waals surface area contributed by atoms with Crippen LogP contribution < -0.4 is 10.6 Å². The number of piperidine rings is 1. The van der Waals surface area contributed by atoms with Crippen LogP contribution in [0.3, 0.4) is 0 Å². The Kier molecular flexibility index (Phi) is 10.5. The molecule has 2 aromatic rings. The van der Waals surface area contributed by atoms with Crippen molar-refractivity contribution in [3.63, 3.8) is 0 Å². The second-order valence-corrected chi connectivity index (χ2v) is 11.9. The molecule has 0 saturated carbocycles. The number of amides is 2. The average Bonchev–Trinajstić information content (AvgIpc) is 3.07. The van der Waals surface area contributed by atoms with E-state index in [1.807, 2.05) is 36.4 Å². The van der Waals surface area contributed by atoms with Gasteiger partial charge in [0.1, 0.15) is 0 Å². The summed E-state index contributed by atoms with van der Waals surface area (Å²) in [5.74, 6) is 1.18. The number of hydrogen-bond acceptors (Lipinski definition) is 4. The lowest BCUT2D eigenvalue weighted by atomic mass is 9.92. The van der Waals surface area contributed by atoms with Gasteiger partial charge in [0, 0.05) is 42.8 Å². The third kappa shape index (κ3) is 7.71. The summed E-state index contributed by atoms with van der Waals surface area (Å²) in [6.07, 6.45) is 6.53. The molecule has 208 valence electrons. The van der Waals surface area contributed by atoms with Crippen molar-refractivity contribution in [2.24, 2.45) is 11.8 Å². The van der Waals surface area contributed by atoms with E-state index in [0.717, 1.165) is 62.8 Å². The molecule has 3 atom stereocenters. The van der Waals surface area contributed by atoms with Crippen molar-refractivity contribution in [3.8, 4) is 0 Å². The summed E-state index contributed by atoms with van der Waals surface area (Å²) in [5.41, 5.74) is 0.635. The number of rotatable bonds is 10. The van der Waals surface area contributed by atoms with Crippen molar-refractivity contribution in [2.45, 2.75) is 71.4 Å². The van der Waals surface area contributed by atoms with Gasteiger partial charge >= 0.3 is 0 Å². The zero-order valence-electron chi connectivity index (χ0n) is 23.3. The second-order valence-electron chi connectivity index (χ2n) is 11.5. The van der Waals surface area contributed by atoms with Crippen LogP contribution in [0.1, 0.15) is 69.7 Å². The van der Waals surface area contributed by atoms with Gasteiger partial charge in [-0.05, 0) is 85.6 Å². The lowest BCUT2D eigenvalue weighted by Gasteiger charge is -2.31. The number of hydrogen-bond donors (Lipinski definition) is 2. The molecule has 0 aromatic heterocycles. The van der Waals surface area contributed by atoms with Gasteiger partial charge < -0.3 is 20.4 Å². The van der Waals surface area contributed by atoms with Gasteiger partial charge in [0.25, 0.3) is 5.91 Å². The SMILES string of the molecule is CC[C@@H](CN1CC[C@H](CNC(=O)c2ccc3cc(Cl)ccc3c2)N[C@H](CCN2CCCCC2)C1=O)C(C)C. The molecule has 2 aromatic carbocycles. The van der Waals surface area contributed by atoms with E-state index >= 15 is 0 Å². The number of nitrogens with one attached hydrogen (secondary N) is 2. The minimum atomic E-state index is -0.212. The van der Waals surface area contributed by atoms with Crippen molar-refractivity contribution < 1.29 is 9.59 Å². The number of benzene rings is 2. The number of fused-ring (bicyclic) bond motifs is 1. The molecule has 0 bridgehead atoms. The summed E-state index contributed by atoms with van der Waals surface area (Å²) in [5, 5.41) is 9.47. The van der Waals surface area contributed by atoms with Crippen LogP contribution in [0.5, 0.6) is 0 Å². The molecule has 0 radical (unpaired) electrons. The first-order valence-electron chi connectivity index (χ1n) is 14.6. The maximum absolute atomic E-state index is 13.7. The third-order valence-corrected chi connectivity index (χ3v) is 8.71.